The lowest BCUT2D eigenvalue weighted by Gasteiger charge is -2.42. The Hall–Kier alpha value is -3.17. The minimum atomic E-state index is -3.12. The third kappa shape index (κ3) is 7.02. The number of rotatable bonds is 7. The maximum Gasteiger partial charge on any atom is 0.413 e. The van der Waals surface area contributed by atoms with E-state index in [9.17, 15) is 18.4 Å². The fourth-order valence-corrected chi connectivity index (χ4v) is 5.10. The zero-order chi connectivity index (χ0) is 27.3. The van der Waals surface area contributed by atoms with Crippen LogP contribution in [-0.2, 0) is 16.1 Å². The lowest BCUT2D eigenvalue weighted by molar-refractivity contribution is -0.0760. The summed E-state index contributed by atoms with van der Waals surface area (Å²) in [4.78, 5) is 43.3. The first-order chi connectivity index (χ1) is 18.1. The number of carbonyl (C=O) groups excluding carboxylic acids is 2. The van der Waals surface area contributed by atoms with E-state index in [-0.39, 0.29) is 31.0 Å². The lowest BCUT2D eigenvalue weighted by Crippen LogP contribution is -2.60. The summed E-state index contributed by atoms with van der Waals surface area (Å²) in [5.41, 5.74) is 0. The predicted octanol–water partition coefficient (Wildman–Crippen LogP) is 3.10. The summed E-state index contributed by atoms with van der Waals surface area (Å²) >= 11 is 1.20. The largest absolute Gasteiger partial charge is 0.446 e. The summed E-state index contributed by atoms with van der Waals surface area (Å²) in [6, 6.07) is -0.645. The van der Waals surface area contributed by atoms with Crippen LogP contribution in [0, 0.1) is 0 Å². The van der Waals surface area contributed by atoms with Crippen molar-refractivity contribution in [2.24, 2.45) is 0 Å². The van der Waals surface area contributed by atoms with E-state index in [2.05, 4.69) is 30.5 Å². The van der Waals surface area contributed by atoms with Gasteiger partial charge < -0.3 is 24.2 Å². The van der Waals surface area contributed by atoms with Crippen LogP contribution < -0.4 is 15.5 Å². The average molecular weight is 555 g/mol. The first kappa shape index (κ1) is 27.9. The van der Waals surface area contributed by atoms with Crippen molar-refractivity contribution in [3.8, 4) is 0 Å². The number of urea groups is 1. The molecular weight excluding hydrogens is 522 g/mol. The van der Waals surface area contributed by atoms with Gasteiger partial charge in [-0.2, -0.15) is 4.98 Å². The van der Waals surface area contributed by atoms with Crippen LogP contribution in [-0.4, -0.2) is 102 Å². The molecule has 12 nitrogen and oxygen atoms in total. The number of likely N-dealkylation sites (tertiary alicyclic amines) is 1. The average Bonchev–Trinajstić information content (AvgIpc) is 3.32. The molecule has 4 rings (SSSR count). The number of nitrogens with zero attached hydrogens (tertiary/aromatic N) is 6. The summed E-state index contributed by atoms with van der Waals surface area (Å²) in [5.74, 6) is -2.76. The molecule has 0 radical (unpaired) electrons. The van der Waals surface area contributed by atoms with Gasteiger partial charge in [-0.1, -0.05) is 11.3 Å². The highest BCUT2D eigenvalue weighted by Gasteiger charge is 2.48. The van der Waals surface area contributed by atoms with Crippen LogP contribution in [0.1, 0.15) is 24.1 Å². The van der Waals surface area contributed by atoms with E-state index in [4.69, 9.17) is 9.47 Å². The van der Waals surface area contributed by atoms with Gasteiger partial charge in [0.1, 0.15) is 18.0 Å². The summed E-state index contributed by atoms with van der Waals surface area (Å²) in [7, 11) is 4.88. The van der Waals surface area contributed by atoms with E-state index in [0.29, 0.717) is 11.7 Å². The minimum absolute atomic E-state index is 0.0185. The van der Waals surface area contributed by atoms with Crippen molar-refractivity contribution in [3.63, 3.8) is 0 Å². The van der Waals surface area contributed by atoms with Crippen molar-refractivity contribution in [2.45, 2.75) is 43.9 Å². The van der Waals surface area contributed by atoms with Crippen molar-refractivity contribution in [3.05, 3.63) is 23.3 Å². The molecule has 0 unspecified atom stereocenters. The van der Waals surface area contributed by atoms with E-state index in [1.54, 1.807) is 18.2 Å². The summed E-state index contributed by atoms with van der Waals surface area (Å²) in [6.45, 7) is 1.81. The third-order valence-electron chi connectivity index (χ3n) is 6.53. The Kier molecular flexibility index (Phi) is 8.89. The molecular formula is C23H32F2N8O4S. The fourth-order valence-electron chi connectivity index (χ4n) is 4.33. The second-order valence-electron chi connectivity index (χ2n) is 9.35. The number of aromatic nitrogens is 3. The molecule has 2 fully saturated rings. The van der Waals surface area contributed by atoms with Gasteiger partial charge >= 0.3 is 12.1 Å². The molecule has 4 heterocycles. The number of ether oxygens (including phenoxy) is 2. The Morgan fingerprint density at radius 2 is 2.00 bits per heavy atom. The first-order valence-electron chi connectivity index (χ1n) is 12.2. The van der Waals surface area contributed by atoms with E-state index in [1.165, 1.54) is 30.6 Å². The predicted molar refractivity (Wildman–Crippen MR) is 138 cm³/mol. The number of halogens is 2. The highest BCUT2D eigenvalue weighted by atomic mass is 32.1. The van der Waals surface area contributed by atoms with E-state index in [1.807, 2.05) is 7.05 Å². The number of nitrogens with one attached hydrogen (secondary N) is 2. The SMILES string of the molecule is COCc1cnc(NC(=O)N(C)[C@H]2CN(c3nccc(NC(=O)OC4CCN(C)CC4)n3)CCC2(F)F)s1. The molecule has 0 aromatic carbocycles. The van der Waals surface area contributed by atoms with Crippen molar-refractivity contribution in [1.29, 1.82) is 0 Å². The molecule has 1 atom stereocenters. The molecule has 2 N–H and O–H groups in total. The molecule has 38 heavy (non-hydrogen) atoms. The van der Waals surface area contributed by atoms with Crippen molar-refractivity contribution in [1.82, 2.24) is 24.8 Å². The van der Waals surface area contributed by atoms with E-state index < -0.39 is 30.5 Å². The molecule has 15 heteroatoms. The zero-order valence-corrected chi connectivity index (χ0v) is 22.3. The standard InChI is InChI=1S/C23H32F2N8O4S/c1-31-9-5-15(6-10-31)37-22(35)29-18-4-8-26-19(28-18)33-11-7-23(24,25)17(13-33)32(2)21(34)30-20-27-12-16(38-20)14-36-3/h4,8,12,15,17H,5-7,9-11,13-14H2,1-3H3,(H,27,30,34)(H,26,28,29,35)/t17-/m0/s1. The van der Waals surface area contributed by atoms with Crippen LogP contribution in [0.5, 0.6) is 0 Å². The number of likely N-dealkylation sites (N-methyl/N-ethyl adjacent to an activating group) is 1. The smallest absolute Gasteiger partial charge is 0.413 e. The number of piperidine rings is 2. The van der Waals surface area contributed by atoms with Crippen LogP contribution >= 0.6 is 11.3 Å². The molecule has 2 aromatic rings. The Bertz CT molecular complexity index is 1110. The number of alkyl halides is 2. The maximum atomic E-state index is 14.9. The van der Waals surface area contributed by atoms with Crippen LogP contribution in [0.15, 0.2) is 18.5 Å². The molecule has 2 aliphatic rings. The molecule has 2 aromatic heterocycles. The van der Waals surface area contributed by atoms with Crippen molar-refractivity contribution < 1.29 is 27.8 Å². The Morgan fingerprint density at radius 3 is 2.74 bits per heavy atom. The monoisotopic (exact) mass is 554 g/mol. The Labute approximate surface area is 223 Å². The molecule has 2 aliphatic heterocycles. The first-order valence-corrected chi connectivity index (χ1v) is 13.1. The highest BCUT2D eigenvalue weighted by Crippen LogP contribution is 2.33. The molecule has 0 spiro atoms. The minimum Gasteiger partial charge on any atom is -0.446 e. The quantitative estimate of drug-likeness (QED) is 0.531. The van der Waals surface area contributed by atoms with Gasteiger partial charge in [-0.25, -0.2) is 28.3 Å². The number of methoxy groups -OCH3 is 1. The Balaban J connectivity index is 1.38. The van der Waals surface area contributed by atoms with Crippen molar-refractivity contribution >= 4 is 40.4 Å². The molecule has 3 amide bonds. The second kappa shape index (κ2) is 12.1. The normalized spacial score (nSPS) is 20.1. The lowest BCUT2D eigenvalue weighted by atomic mass is 10.00. The van der Waals surface area contributed by atoms with Gasteiger partial charge in [0.15, 0.2) is 5.13 Å². The fraction of sp³-hybridized carbons (Fsp3) is 0.609. The van der Waals surface area contributed by atoms with Gasteiger partial charge in [0.05, 0.1) is 11.5 Å². The molecule has 0 aliphatic carbocycles. The van der Waals surface area contributed by atoms with Crippen LogP contribution in [0.2, 0.25) is 0 Å². The van der Waals surface area contributed by atoms with E-state index >= 15 is 0 Å². The maximum absolute atomic E-state index is 14.9. The topological polar surface area (TPSA) is 125 Å². The van der Waals surface area contributed by atoms with Gasteiger partial charge in [-0.15, -0.1) is 0 Å². The number of amides is 3. The molecule has 0 saturated carbocycles. The van der Waals surface area contributed by atoms with Gasteiger partial charge in [-0.05, 0) is 26.0 Å². The van der Waals surface area contributed by atoms with Gasteiger partial charge in [-0.3, -0.25) is 10.6 Å². The highest BCUT2D eigenvalue weighted by molar-refractivity contribution is 7.15. The van der Waals surface area contributed by atoms with Gasteiger partial charge in [0.25, 0.3) is 5.92 Å². The van der Waals surface area contributed by atoms with Gasteiger partial charge in [0.2, 0.25) is 5.95 Å². The van der Waals surface area contributed by atoms with E-state index in [0.717, 1.165) is 35.7 Å². The summed E-state index contributed by atoms with van der Waals surface area (Å²) in [5, 5.41) is 5.46. The van der Waals surface area contributed by atoms with Crippen LogP contribution in [0.3, 0.4) is 0 Å². The van der Waals surface area contributed by atoms with Crippen LogP contribution in [0.25, 0.3) is 0 Å². The second-order valence-corrected chi connectivity index (χ2v) is 10.5. The molecule has 0 bridgehead atoms. The number of hydrogen-bond donors (Lipinski definition) is 2. The number of hydrogen-bond acceptors (Lipinski definition) is 10. The van der Waals surface area contributed by atoms with Crippen LogP contribution in [0.4, 0.5) is 35.3 Å². The number of carbonyl (C=O) groups is 2. The summed E-state index contributed by atoms with van der Waals surface area (Å²) < 4.78 is 40.3. The summed E-state index contributed by atoms with van der Waals surface area (Å²) in [6.07, 6.45) is 3.20. The zero-order valence-electron chi connectivity index (χ0n) is 21.5. The number of anilines is 3. The Morgan fingerprint density at radius 1 is 1.24 bits per heavy atom. The van der Waals surface area contributed by atoms with Crippen molar-refractivity contribution in [2.75, 3.05) is 62.9 Å². The third-order valence-corrected chi connectivity index (χ3v) is 7.42. The molecule has 208 valence electrons. The molecule has 2 saturated heterocycles. The number of thiazole rings is 1. The van der Waals surface area contributed by atoms with Gasteiger partial charge in [0, 0.05) is 59.2 Å².